The average molecular weight is 260 g/mol. The number of aryl methyl sites for hydroxylation is 2. The molecule has 0 aliphatic heterocycles. The highest BCUT2D eigenvalue weighted by atomic mass is 19.2. The molecule has 2 rings (SSSR count). The lowest BCUT2D eigenvalue weighted by atomic mass is 9.99. The molecule has 19 heavy (non-hydrogen) atoms. The van der Waals surface area contributed by atoms with Crippen LogP contribution in [-0.2, 0) is 6.42 Å². The molecule has 98 valence electrons. The van der Waals surface area contributed by atoms with E-state index >= 15 is 0 Å². The summed E-state index contributed by atoms with van der Waals surface area (Å²) in [4.78, 5) is 12.1. The zero-order valence-electron chi connectivity index (χ0n) is 10.8. The molecule has 0 amide bonds. The molecular weight excluding hydrogens is 246 g/mol. The normalized spacial score (nSPS) is 10.5. The van der Waals surface area contributed by atoms with Gasteiger partial charge in [-0.1, -0.05) is 29.3 Å². The Balaban J connectivity index is 2.28. The minimum atomic E-state index is -0.944. The first-order chi connectivity index (χ1) is 8.97. The van der Waals surface area contributed by atoms with Crippen molar-refractivity contribution in [2.24, 2.45) is 0 Å². The first-order valence-electron chi connectivity index (χ1n) is 6.02. The summed E-state index contributed by atoms with van der Waals surface area (Å²) < 4.78 is 26.6. The van der Waals surface area contributed by atoms with E-state index in [2.05, 4.69) is 0 Å². The van der Waals surface area contributed by atoms with Crippen molar-refractivity contribution < 1.29 is 13.6 Å². The molecule has 0 fully saturated rings. The molecule has 0 atom stereocenters. The summed E-state index contributed by atoms with van der Waals surface area (Å²) in [5, 5.41) is 0. The van der Waals surface area contributed by atoms with Gasteiger partial charge in [0.25, 0.3) is 0 Å². The number of rotatable bonds is 3. The number of hydrogen-bond acceptors (Lipinski definition) is 1. The van der Waals surface area contributed by atoms with Gasteiger partial charge in [-0.25, -0.2) is 8.78 Å². The van der Waals surface area contributed by atoms with Gasteiger partial charge in [0.05, 0.1) is 0 Å². The van der Waals surface area contributed by atoms with Gasteiger partial charge in [-0.15, -0.1) is 0 Å². The van der Waals surface area contributed by atoms with Gasteiger partial charge in [0.15, 0.2) is 17.4 Å². The molecule has 0 heterocycles. The van der Waals surface area contributed by atoms with E-state index in [1.165, 1.54) is 12.1 Å². The number of halogens is 2. The van der Waals surface area contributed by atoms with Crippen LogP contribution in [0.3, 0.4) is 0 Å². The lowest BCUT2D eigenvalue weighted by Gasteiger charge is -2.06. The van der Waals surface area contributed by atoms with Crippen molar-refractivity contribution >= 4 is 5.78 Å². The van der Waals surface area contributed by atoms with Gasteiger partial charge in [-0.3, -0.25) is 4.79 Å². The van der Waals surface area contributed by atoms with E-state index in [-0.39, 0.29) is 17.8 Å². The summed E-state index contributed by atoms with van der Waals surface area (Å²) in [7, 11) is 0. The van der Waals surface area contributed by atoms with Crippen molar-refractivity contribution in [3.63, 3.8) is 0 Å². The smallest absolute Gasteiger partial charge is 0.167 e. The third kappa shape index (κ3) is 3.05. The molecule has 0 unspecified atom stereocenters. The number of carbonyl (C=O) groups is 1. The number of Topliss-reactive ketones (excluding diaryl/α,β-unsaturated/α-hetero) is 1. The minimum Gasteiger partial charge on any atom is -0.294 e. The molecule has 0 aromatic heterocycles. The molecule has 0 spiro atoms. The van der Waals surface area contributed by atoms with E-state index < -0.39 is 11.6 Å². The highest BCUT2D eigenvalue weighted by Crippen LogP contribution is 2.16. The quantitative estimate of drug-likeness (QED) is 0.762. The maximum absolute atomic E-state index is 13.5. The van der Waals surface area contributed by atoms with Crippen LogP contribution in [0.1, 0.15) is 27.0 Å². The number of ketones is 1. The first-order valence-corrected chi connectivity index (χ1v) is 6.02. The minimum absolute atomic E-state index is 0.0872. The van der Waals surface area contributed by atoms with E-state index in [0.717, 1.165) is 17.2 Å². The molecule has 0 aliphatic rings. The Morgan fingerprint density at radius 1 is 1.05 bits per heavy atom. The third-order valence-corrected chi connectivity index (χ3v) is 2.93. The van der Waals surface area contributed by atoms with Crippen molar-refractivity contribution in [1.29, 1.82) is 0 Å². The second-order valence-corrected chi connectivity index (χ2v) is 4.69. The molecule has 0 N–H and O–H groups in total. The Morgan fingerprint density at radius 2 is 1.68 bits per heavy atom. The predicted molar refractivity (Wildman–Crippen MR) is 70.3 cm³/mol. The lowest BCUT2D eigenvalue weighted by Crippen LogP contribution is -2.06. The van der Waals surface area contributed by atoms with Crippen LogP contribution in [0.5, 0.6) is 0 Å². The van der Waals surface area contributed by atoms with Gasteiger partial charge >= 0.3 is 0 Å². The fourth-order valence-electron chi connectivity index (χ4n) is 2.10. The molecular formula is C16H14F2O. The average Bonchev–Trinajstić information content (AvgIpc) is 2.33. The van der Waals surface area contributed by atoms with Gasteiger partial charge in [-0.05, 0) is 37.6 Å². The monoisotopic (exact) mass is 260 g/mol. The molecule has 0 saturated heterocycles. The Kier molecular flexibility index (Phi) is 3.74. The molecule has 3 heteroatoms. The summed E-state index contributed by atoms with van der Waals surface area (Å²) in [5.41, 5.74) is 2.57. The fraction of sp³-hybridized carbons (Fsp3) is 0.188. The van der Waals surface area contributed by atoms with Crippen molar-refractivity contribution in [1.82, 2.24) is 0 Å². The molecule has 2 aromatic rings. The van der Waals surface area contributed by atoms with Crippen LogP contribution >= 0.6 is 0 Å². The van der Waals surface area contributed by atoms with E-state index in [0.29, 0.717) is 5.56 Å². The summed E-state index contributed by atoms with van der Waals surface area (Å²) in [6.07, 6.45) is -0.132. The van der Waals surface area contributed by atoms with E-state index in [4.69, 9.17) is 0 Å². The first kappa shape index (κ1) is 13.4. The summed E-state index contributed by atoms with van der Waals surface area (Å²) >= 11 is 0. The van der Waals surface area contributed by atoms with E-state index in [1.807, 2.05) is 19.9 Å². The SMILES string of the molecule is Cc1cc(C)cc(C(=O)Cc2cccc(F)c2F)c1. The van der Waals surface area contributed by atoms with Gasteiger partial charge < -0.3 is 0 Å². The second kappa shape index (κ2) is 5.31. The summed E-state index contributed by atoms with van der Waals surface area (Å²) in [5.74, 6) is -2.08. The summed E-state index contributed by atoms with van der Waals surface area (Å²) in [6, 6.07) is 9.35. The predicted octanol–water partition coefficient (Wildman–Crippen LogP) is 4.01. The zero-order valence-corrected chi connectivity index (χ0v) is 10.8. The van der Waals surface area contributed by atoms with Crippen molar-refractivity contribution in [2.45, 2.75) is 20.3 Å². The van der Waals surface area contributed by atoms with Gasteiger partial charge in [0, 0.05) is 12.0 Å². The topological polar surface area (TPSA) is 17.1 Å². The van der Waals surface area contributed by atoms with Crippen LogP contribution in [0.2, 0.25) is 0 Å². The Bertz CT molecular complexity index is 612. The molecule has 0 saturated carbocycles. The van der Waals surface area contributed by atoms with Gasteiger partial charge in [-0.2, -0.15) is 0 Å². The highest BCUT2D eigenvalue weighted by molar-refractivity contribution is 5.97. The zero-order chi connectivity index (χ0) is 14.0. The second-order valence-electron chi connectivity index (χ2n) is 4.69. The van der Waals surface area contributed by atoms with Gasteiger partial charge in [0.2, 0.25) is 0 Å². The molecule has 0 radical (unpaired) electrons. The fourth-order valence-corrected chi connectivity index (χ4v) is 2.10. The van der Waals surface area contributed by atoms with Crippen LogP contribution in [0.15, 0.2) is 36.4 Å². The summed E-state index contributed by atoms with van der Waals surface area (Å²) in [6.45, 7) is 3.79. The lowest BCUT2D eigenvalue weighted by molar-refractivity contribution is 0.0991. The van der Waals surface area contributed by atoms with E-state index in [1.54, 1.807) is 12.1 Å². The molecule has 0 bridgehead atoms. The number of hydrogen-bond donors (Lipinski definition) is 0. The van der Waals surface area contributed by atoms with Crippen molar-refractivity contribution in [3.8, 4) is 0 Å². The standard InChI is InChI=1S/C16H14F2O/c1-10-6-11(2)8-13(7-10)15(19)9-12-4-3-5-14(17)16(12)18/h3-8H,9H2,1-2H3. The molecule has 1 nitrogen and oxygen atoms in total. The van der Waals surface area contributed by atoms with E-state index in [9.17, 15) is 13.6 Å². The van der Waals surface area contributed by atoms with Crippen LogP contribution in [0.4, 0.5) is 8.78 Å². The Labute approximate surface area is 110 Å². The largest absolute Gasteiger partial charge is 0.294 e. The Hall–Kier alpha value is -2.03. The molecule has 0 aliphatic carbocycles. The van der Waals surface area contributed by atoms with Crippen molar-refractivity contribution in [3.05, 3.63) is 70.3 Å². The van der Waals surface area contributed by atoms with Crippen LogP contribution in [0, 0.1) is 25.5 Å². The maximum atomic E-state index is 13.5. The highest BCUT2D eigenvalue weighted by Gasteiger charge is 2.13. The maximum Gasteiger partial charge on any atom is 0.167 e. The van der Waals surface area contributed by atoms with Crippen LogP contribution in [0.25, 0.3) is 0 Å². The van der Waals surface area contributed by atoms with Gasteiger partial charge in [0.1, 0.15) is 0 Å². The van der Waals surface area contributed by atoms with Crippen molar-refractivity contribution in [2.75, 3.05) is 0 Å². The molecule has 2 aromatic carbocycles. The number of benzene rings is 2. The van der Waals surface area contributed by atoms with Crippen LogP contribution < -0.4 is 0 Å². The number of carbonyl (C=O) groups excluding carboxylic acids is 1. The third-order valence-electron chi connectivity index (χ3n) is 2.93. The Morgan fingerprint density at radius 3 is 2.32 bits per heavy atom. The van der Waals surface area contributed by atoms with Crippen LogP contribution in [-0.4, -0.2) is 5.78 Å².